The van der Waals surface area contributed by atoms with Gasteiger partial charge < -0.3 is 14.2 Å². The smallest absolute Gasteiger partial charge is 0.203 e. The number of halogens is 1. The van der Waals surface area contributed by atoms with Gasteiger partial charge in [-0.2, -0.15) is 5.26 Å². The average molecular weight is 287 g/mol. The number of ether oxygens (including phenoxy) is 3. The van der Waals surface area contributed by atoms with Crippen molar-refractivity contribution in [3.05, 3.63) is 53.3 Å². The minimum atomic E-state index is -0.417. The van der Waals surface area contributed by atoms with Crippen LogP contribution in [-0.2, 0) is 6.61 Å². The van der Waals surface area contributed by atoms with Gasteiger partial charge in [-0.15, -0.1) is 0 Å². The van der Waals surface area contributed by atoms with Crippen LogP contribution in [0.25, 0.3) is 0 Å². The molecule has 0 radical (unpaired) electrons. The topological polar surface area (TPSA) is 51.5 Å². The second kappa shape index (κ2) is 6.62. The van der Waals surface area contributed by atoms with Crippen molar-refractivity contribution in [2.24, 2.45) is 0 Å². The van der Waals surface area contributed by atoms with Gasteiger partial charge in [-0.1, -0.05) is 6.07 Å². The molecule has 0 aromatic heterocycles. The summed E-state index contributed by atoms with van der Waals surface area (Å²) in [5.41, 5.74) is 0.829. The lowest BCUT2D eigenvalue weighted by Crippen LogP contribution is -2.02. The molecule has 0 aliphatic heterocycles. The van der Waals surface area contributed by atoms with E-state index >= 15 is 0 Å². The van der Waals surface area contributed by atoms with Gasteiger partial charge in [0.05, 0.1) is 25.9 Å². The van der Waals surface area contributed by atoms with Crippen LogP contribution in [0.5, 0.6) is 17.2 Å². The number of hydrogen-bond donors (Lipinski definition) is 0. The van der Waals surface area contributed by atoms with Crippen molar-refractivity contribution in [1.29, 1.82) is 5.26 Å². The zero-order valence-corrected chi connectivity index (χ0v) is 11.7. The molecule has 0 aliphatic carbocycles. The van der Waals surface area contributed by atoms with E-state index in [0.717, 1.165) is 0 Å². The first kappa shape index (κ1) is 14.7. The highest BCUT2D eigenvalue weighted by Gasteiger charge is 2.13. The van der Waals surface area contributed by atoms with Gasteiger partial charge in [0.2, 0.25) is 5.75 Å². The van der Waals surface area contributed by atoms with Crippen molar-refractivity contribution in [1.82, 2.24) is 0 Å². The lowest BCUT2D eigenvalue weighted by Gasteiger charge is -2.14. The van der Waals surface area contributed by atoms with E-state index in [1.165, 1.54) is 32.4 Å². The van der Waals surface area contributed by atoms with Crippen molar-refractivity contribution in [3.8, 4) is 23.3 Å². The van der Waals surface area contributed by atoms with Crippen LogP contribution in [0.2, 0.25) is 0 Å². The molecule has 0 atom stereocenters. The number of methoxy groups -OCH3 is 2. The van der Waals surface area contributed by atoms with Crippen molar-refractivity contribution >= 4 is 0 Å². The van der Waals surface area contributed by atoms with Crippen LogP contribution in [0.4, 0.5) is 4.39 Å². The Morgan fingerprint density at radius 2 is 1.76 bits per heavy atom. The third-order valence-electron chi connectivity index (χ3n) is 2.94. The minimum Gasteiger partial charge on any atom is -0.493 e. The summed E-state index contributed by atoms with van der Waals surface area (Å²) >= 11 is 0. The van der Waals surface area contributed by atoms with Gasteiger partial charge in [0.25, 0.3) is 0 Å². The van der Waals surface area contributed by atoms with Crippen molar-refractivity contribution < 1.29 is 18.6 Å². The fourth-order valence-corrected chi connectivity index (χ4v) is 1.90. The summed E-state index contributed by atoms with van der Waals surface area (Å²) in [7, 11) is 3.04. The Bertz CT molecular complexity index is 657. The minimum absolute atomic E-state index is 0.0391. The molecule has 0 fully saturated rings. The molecule has 0 N–H and O–H groups in total. The van der Waals surface area contributed by atoms with Crippen LogP contribution in [0.15, 0.2) is 36.4 Å². The van der Waals surface area contributed by atoms with Gasteiger partial charge in [-0.05, 0) is 30.3 Å². The average Bonchev–Trinajstić information content (AvgIpc) is 2.52. The van der Waals surface area contributed by atoms with Gasteiger partial charge in [-0.3, -0.25) is 0 Å². The maximum absolute atomic E-state index is 13.3. The van der Waals surface area contributed by atoms with E-state index in [1.807, 2.05) is 6.07 Å². The first-order valence-electron chi connectivity index (χ1n) is 6.22. The molecule has 0 bridgehead atoms. The quantitative estimate of drug-likeness (QED) is 0.846. The van der Waals surface area contributed by atoms with Gasteiger partial charge in [0, 0.05) is 5.56 Å². The zero-order chi connectivity index (χ0) is 15.2. The molecule has 4 nitrogen and oxygen atoms in total. The van der Waals surface area contributed by atoms with E-state index in [-0.39, 0.29) is 6.61 Å². The highest BCUT2D eigenvalue weighted by molar-refractivity contribution is 5.51. The van der Waals surface area contributed by atoms with E-state index in [1.54, 1.807) is 18.2 Å². The summed E-state index contributed by atoms with van der Waals surface area (Å²) in [5, 5.41) is 9.03. The lowest BCUT2D eigenvalue weighted by molar-refractivity contribution is 0.265. The molecular weight excluding hydrogens is 273 g/mol. The lowest BCUT2D eigenvalue weighted by atomic mass is 10.1. The van der Waals surface area contributed by atoms with Crippen molar-refractivity contribution in [3.63, 3.8) is 0 Å². The maximum Gasteiger partial charge on any atom is 0.203 e. The Hall–Kier alpha value is -2.74. The molecule has 0 saturated carbocycles. The summed E-state index contributed by atoms with van der Waals surface area (Å²) < 4.78 is 29.4. The fourth-order valence-electron chi connectivity index (χ4n) is 1.90. The molecule has 0 saturated heterocycles. The fraction of sp³-hybridized carbons (Fsp3) is 0.188. The van der Waals surface area contributed by atoms with Gasteiger partial charge in [0.1, 0.15) is 12.4 Å². The predicted octanol–water partition coefficient (Wildman–Crippen LogP) is 3.29. The summed E-state index contributed by atoms with van der Waals surface area (Å²) in [6.45, 7) is 0.0391. The summed E-state index contributed by atoms with van der Waals surface area (Å²) in [6, 6.07) is 11.2. The Labute approximate surface area is 122 Å². The normalized spacial score (nSPS) is 9.81. The Kier molecular flexibility index (Phi) is 4.62. The third-order valence-corrected chi connectivity index (χ3v) is 2.94. The molecule has 2 aromatic carbocycles. The highest BCUT2D eigenvalue weighted by Crippen LogP contribution is 2.37. The second-order valence-electron chi connectivity index (χ2n) is 4.19. The third kappa shape index (κ3) is 3.23. The number of rotatable bonds is 5. The van der Waals surface area contributed by atoms with E-state index in [4.69, 9.17) is 19.5 Å². The van der Waals surface area contributed by atoms with Crippen LogP contribution in [0.1, 0.15) is 11.1 Å². The van der Waals surface area contributed by atoms with Gasteiger partial charge >= 0.3 is 0 Å². The Balaban J connectivity index is 2.28. The van der Waals surface area contributed by atoms with E-state index < -0.39 is 5.82 Å². The number of para-hydroxylation sites is 1. The van der Waals surface area contributed by atoms with Gasteiger partial charge in [0.15, 0.2) is 11.5 Å². The van der Waals surface area contributed by atoms with Crippen LogP contribution < -0.4 is 14.2 Å². The SMILES string of the molecule is COc1cccc(OC)c1OCc1cc(F)ccc1C#N. The largest absolute Gasteiger partial charge is 0.493 e. The molecule has 2 aromatic rings. The molecule has 21 heavy (non-hydrogen) atoms. The summed E-state index contributed by atoms with van der Waals surface area (Å²) in [5.74, 6) is 1.00. The highest BCUT2D eigenvalue weighted by atomic mass is 19.1. The molecule has 0 unspecified atom stereocenters. The standard InChI is InChI=1S/C16H14FNO3/c1-19-14-4-3-5-15(20-2)16(14)21-10-12-8-13(17)7-6-11(12)9-18/h3-8H,10H2,1-2H3. The van der Waals surface area contributed by atoms with E-state index in [9.17, 15) is 4.39 Å². The molecule has 0 amide bonds. The molecule has 2 rings (SSSR count). The zero-order valence-electron chi connectivity index (χ0n) is 11.7. The van der Waals surface area contributed by atoms with E-state index in [0.29, 0.717) is 28.4 Å². The number of benzene rings is 2. The first-order valence-corrected chi connectivity index (χ1v) is 6.22. The molecular formula is C16H14FNO3. The van der Waals surface area contributed by atoms with Crippen molar-refractivity contribution in [2.45, 2.75) is 6.61 Å². The van der Waals surface area contributed by atoms with Crippen molar-refractivity contribution in [2.75, 3.05) is 14.2 Å². The Morgan fingerprint density at radius 1 is 1.10 bits per heavy atom. The summed E-state index contributed by atoms with van der Waals surface area (Å²) in [4.78, 5) is 0. The van der Waals surface area contributed by atoms with Crippen LogP contribution >= 0.6 is 0 Å². The molecule has 0 spiro atoms. The molecule has 5 heteroatoms. The first-order chi connectivity index (χ1) is 10.2. The summed E-state index contributed by atoms with van der Waals surface area (Å²) in [6.07, 6.45) is 0. The van der Waals surface area contributed by atoms with Crippen LogP contribution in [0, 0.1) is 17.1 Å². The number of nitriles is 1. The molecule has 0 heterocycles. The van der Waals surface area contributed by atoms with Crippen LogP contribution in [0.3, 0.4) is 0 Å². The van der Waals surface area contributed by atoms with E-state index in [2.05, 4.69) is 0 Å². The Morgan fingerprint density at radius 3 is 2.33 bits per heavy atom. The second-order valence-corrected chi connectivity index (χ2v) is 4.19. The monoisotopic (exact) mass is 287 g/mol. The number of nitrogens with zero attached hydrogens (tertiary/aromatic N) is 1. The van der Waals surface area contributed by atoms with Crippen LogP contribution in [-0.4, -0.2) is 14.2 Å². The van der Waals surface area contributed by atoms with Gasteiger partial charge in [-0.25, -0.2) is 4.39 Å². The number of hydrogen-bond acceptors (Lipinski definition) is 4. The predicted molar refractivity (Wildman–Crippen MR) is 75.0 cm³/mol. The maximum atomic E-state index is 13.3. The molecule has 0 aliphatic rings. The molecule has 108 valence electrons.